The van der Waals surface area contributed by atoms with Crippen LogP contribution in [0.1, 0.15) is 37.7 Å². The van der Waals surface area contributed by atoms with Gasteiger partial charge in [0.15, 0.2) is 5.78 Å². The van der Waals surface area contributed by atoms with Crippen molar-refractivity contribution in [3.63, 3.8) is 0 Å². The Labute approximate surface area is 200 Å². The van der Waals surface area contributed by atoms with Crippen LogP contribution in [0.2, 0.25) is 0 Å². The second kappa shape index (κ2) is 7.74. The molecule has 1 saturated carbocycles. The van der Waals surface area contributed by atoms with E-state index in [1.165, 1.54) is 0 Å². The van der Waals surface area contributed by atoms with Gasteiger partial charge >= 0.3 is 0 Å². The summed E-state index contributed by atoms with van der Waals surface area (Å²) < 4.78 is 6.63. The van der Waals surface area contributed by atoms with Crippen molar-refractivity contribution in [2.45, 2.75) is 38.2 Å². The zero-order chi connectivity index (χ0) is 23.6. The third-order valence-corrected chi connectivity index (χ3v) is 8.27. The summed E-state index contributed by atoms with van der Waals surface area (Å²) in [6.45, 7) is 3.07. The smallest absolute Gasteiger partial charge is 0.166 e. The number of aromatic nitrogens is 1. The number of Topliss-reactive ketones (excluding diaryl/α,β-unsaturated/α-hetero) is 2. The van der Waals surface area contributed by atoms with E-state index in [2.05, 4.69) is 35.0 Å². The number of nitrogens with zero attached hydrogens (tertiary/aromatic N) is 2. The molecule has 0 spiro atoms. The molecule has 6 rings (SSSR count). The lowest BCUT2D eigenvalue weighted by atomic mass is 9.64. The van der Waals surface area contributed by atoms with Gasteiger partial charge in [-0.25, -0.2) is 0 Å². The van der Waals surface area contributed by atoms with Crippen LogP contribution in [0, 0.1) is 17.3 Å². The summed E-state index contributed by atoms with van der Waals surface area (Å²) in [7, 11) is 4.08. The Morgan fingerprint density at radius 2 is 2.00 bits per heavy atom. The maximum absolute atomic E-state index is 13.6. The normalized spacial score (nSPS) is 32.4. The van der Waals surface area contributed by atoms with Crippen LogP contribution in [0.3, 0.4) is 0 Å². The summed E-state index contributed by atoms with van der Waals surface area (Å²) >= 11 is 0. The number of hydrogen-bond donors (Lipinski definition) is 0. The van der Waals surface area contributed by atoms with Crippen molar-refractivity contribution in [3.8, 4) is 0 Å². The third kappa shape index (κ3) is 3.21. The molecule has 0 N–H and O–H groups in total. The van der Waals surface area contributed by atoms with Crippen LogP contribution in [0.4, 0.5) is 0 Å². The number of carbonyl (C=O) groups excluding carboxylic acids is 2. The van der Waals surface area contributed by atoms with Crippen molar-refractivity contribution in [2.24, 2.45) is 17.3 Å². The molecule has 5 nitrogen and oxygen atoms in total. The van der Waals surface area contributed by atoms with Crippen molar-refractivity contribution in [3.05, 3.63) is 77.4 Å². The van der Waals surface area contributed by atoms with E-state index in [4.69, 9.17) is 4.74 Å². The molecule has 34 heavy (non-hydrogen) atoms. The van der Waals surface area contributed by atoms with Gasteiger partial charge in [-0.3, -0.25) is 14.6 Å². The number of benzene rings is 1. The standard InChI is InChI=1S/C29H30N2O3/c1-29-9-7-18-13-22-24(32)11-17(16-31(2)3)12-26(22)34-28(18)23(29)14-25(33)27(29)21-6-4-5-19-15-30-10-8-20(19)21/h4-10,13,15,17,23,27-28H,11-12,14,16H2,1-3H3/t17?,23-,27-,28+,29-/m0/s1. The van der Waals surface area contributed by atoms with Gasteiger partial charge in [-0.1, -0.05) is 37.3 Å². The van der Waals surface area contributed by atoms with E-state index in [-0.39, 0.29) is 40.8 Å². The van der Waals surface area contributed by atoms with Gasteiger partial charge in [-0.15, -0.1) is 0 Å². The number of fused-ring (bicyclic) bond motifs is 4. The molecule has 174 valence electrons. The highest BCUT2D eigenvalue weighted by atomic mass is 16.5. The van der Waals surface area contributed by atoms with Crippen LogP contribution in [-0.4, -0.2) is 48.2 Å². The molecular formula is C29H30N2O3. The molecule has 0 saturated heterocycles. The fourth-order valence-corrected chi connectivity index (χ4v) is 6.77. The lowest BCUT2D eigenvalue weighted by molar-refractivity contribution is -0.120. The molecule has 5 atom stereocenters. The van der Waals surface area contributed by atoms with Crippen LogP contribution < -0.4 is 0 Å². The number of rotatable bonds is 3. The van der Waals surface area contributed by atoms with E-state index >= 15 is 0 Å². The molecule has 4 aliphatic rings. The third-order valence-electron chi connectivity index (χ3n) is 8.27. The summed E-state index contributed by atoms with van der Waals surface area (Å²) in [6, 6.07) is 8.17. The van der Waals surface area contributed by atoms with Crippen molar-refractivity contribution in [2.75, 3.05) is 20.6 Å². The molecule has 1 aromatic heterocycles. The Balaban J connectivity index is 1.38. The van der Waals surface area contributed by atoms with Crippen LogP contribution >= 0.6 is 0 Å². The van der Waals surface area contributed by atoms with Crippen LogP contribution in [-0.2, 0) is 14.3 Å². The highest BCUT2D eigenvalue weighted by molar-refractivity contribution is 6.00. The Kier molecular flexibility index (Phi) is 4.89. The summed E-state index contributed by atoms with van der Waals surface area (Å²) in [5.41, 5.74) is 2.48. The topological polar surface area (TPSA) is 59.5 Å². The lowest BCUT2D eigenvalue weighted by Gasteiger charge is -2.44. The van der Waals surface area contributed by atoms with Crippen molar-refractivity contribution >= 4 is 22.3 Å². The fraction of sp³-hybridized carbons (Fsp3) is 0.414. The highest BCUT2D eigenvalue weighted by Gasteiger charge is 2.57. The number of pyridine rings is 1. The van der Waals surface area contributed by atoms with Crippen molar-refractivity contribution in [1.82, 2.24) is 9.88 Å². The number of carbonyl (C=O) groups is 2. The zero-order valence-corrected chi connectivity index (χ0v) is 20.0. The average molecular weight is 455 g/mol. The number of ether oxygens (including phenoxy) is 1. The first-order chi connectivity index (χ1) is 16.3. The monoisotopic (exact) mass is 454 g/mol. The molecular weight excluding hydrogens is 424 g/mol. The second-order valence-electron chi connectivity index (χ2n) is 10.8. The molecule has 1 aliphatic heterocycles. The summed E-state index contributed by atoms with van der Waals surface area (Å²) in [5, 5.41) is 2.14. The maximum Gasteiger partial charge on any atom is 0.166 e. The van der Waals surface area contributed by atoms with E-state index in [0.29, 0.717) is 12.8 Å². The molecule has 1 aromatic carbocycles. The number of allylic oxidation sites excluding steroid dienone is 4. The molecule has 2 aromatic rings. The van der Waals surface area contributed by atoms with Gasteiger partial charge in [0.25, 0.3) is 0 Å². The summed E-state index contributed by atoms with van der Waals surface area (Å²) in [4.78, 5) is 32.9. The van der Waals surface area contributed by atoms with Gasteiger partial charge in [-0.05, 0) is 48.7 Å². The second-order valence-corrected chi connectivity index (χ2v) is 10.8. The van der Waals surface area contributed by atoms with Gasteiger partial charge in [0.1, 0.15) is 17.6 Å². The van der Waals surface area contributed by atoms with Crippen molar-refractivity contribution in [1.29, 1.82) is 0 Å². The van der Waals surface area contributed by atoms with E-state index in [0.717, 1.165) is 46.2 Å². The van der Waals surface area contributed by atoms with Crippen molar-refractivity contribution < 1.29 is 14.3 Å². The Hall–Kier alpha value is -3.05. The minimum Gasteiger partial charge on any atom is -0.489 e. The highest BCUT2D eigenvalue weighted by Crippen LogP contribution is 2.58. The maximum atomic E-state index is 13.6. The first kappa shape index (κ1) is 21.5. The minimum atomic E-state index is -0.351. The Morgan fingerprint density at radius 3 is 2.82 bits per heavy atom. The lowest BCUT2D eigenvalue weighted by Crippen LogP contribution is -2.41. The number of ketones is 2. The quantitative estimate of drug-likeness (QED) is 0.678. The van der Waals surface area contributed by atoms with Gasteiger partial charge < -0.3 is 9.64 Å². The van der Waals surface area contributed by atoms with Gasteiger partial charge in [0.05, 0.1) is 11.5 Å². The first-order valence-electron chi connectivity index (χ1n) is 12.2. The molecule has 0 bridgehead atoms. The molecule has 3 aliphatic carbocycles. The predicted molar refractivity (Wildman–Crippen MR) is 131 cm³/mol. The number of hydrogen-bond acceptors (Lipinski definition) is 5. The van der Waals surface area contributed by atoms with Gasteiger partial charge in [-0.2, -0.15) is 0 Å². The van der Waals surface area contributed by atoms with E-state index < -0.39 is 0 Å². The SMILES string of the molecule is CN(C)CC1CC(=O)C2=C(C1)O[C@@H]1C(=C2)C=C[C@]2(C)[C@@H](c3cccc4cnccc34)C(=O)C[C@@H]12. The van der Waals surface area contributed by atoms with Gasteiger partial charge in [0.2, 0.25) is 0 Å². The Bertz CT molecular complexity index is 1300. The Morgan fingerprint density at radius 1 is 1.15 bits per heavy atom. The summed E-state index contributed by atoms with van der Waals surface area (Å²) in [6.07, 6.45) is 11.6. The van der Waals surface area contributed by atoms with E-state index in [1.54, 1.807) is 6.20 Å². The average Bonchev–Trinajstić information content (AvgIpc) is 3.08. The predicted octanol–water partition coefficient (Wildman–Crippen LogP) is 4.60. The zero-order valence-electron chi connectivity index (χ0n) is 20.0. The molecule has 2 heterocycles. The molecule has 0 radical (unpaired) electrons. The fourth-order valence-electron chi connectivity index (χ4n) is 6.77. The van der Waals surface area contributed by atoms with E-state index in [1.807, 2.05) is 44.6 Å². The molecule has 5 heteroatoms. The van der Waals surface area contributed by atoms with Crippen LogP contribution in [0.25, 0.3) is 10.8 Å². The van der Waals surface area contributed by atoms with Gasteiger partial charge in [0, 0.05) is 54.9 Å². The molecule has 0 amide bonds. The first-order valence-corrected chi connectivity index (χ1v) is 12.2. The largest absolute Gasteiger partial charge is 0.489 e. The summed E-state index contributed by atoms with van der Waals surface area (Å²) in [5.74, 6) is 1.33. The molecule has 1 unspecified atom stereocenters. The minimum absolute atomic E-state index is 0.0386. The molecule has 1 fully saturated rings. The van der Waals surface area contributed by atoms with Crippen LogP contribution in [0.5, 0.6) is 0 Å². The van der Waals surface area contributed by atoms with E-state index in [9.17, 15) is 9.59 Å². The van der Waals surface area contributed by atoms with Crippen LogP contribution in [0.15, 0.2) is 71.8 Å².